The second-order valence-electron chi connectivity index (χ2n) is 6.42. The molecule has 0 unspecified atom stereocenters. The number of amides is 1. The first kappa shape index (κ1) is 19.7. The summed E-state index contributed by atoms with van der Waals surface area (Å²) in [6.45, 7) is 0. The molecular weight excluding hydrogens is 489 g/mol. The number of carbonyl (C=O) groups is 1. The normalized spacial score (nSPS) is 10.7. The van der Waals surface area contributed by atoms with Gasteiger partial charge in [0.25, 0.3) is 5.91 Å². The predicted molar refractivity (Wildman–Crippen MR) is 129 cm³/mol. The molecule has 2 nitrogen and oxygen atoms in total. The molecule has 4 heteroatoms. The lowest BCUT2D eigenvalue weighted by Crippen LogP contribution is -2.12. The van der Waals surface area contributed by atoms with Gasteiger partial charge in [-0.15, -0.1) is 0 Å². The standard InChI is InChI=1S/C25H18INOS/c26-20-13-15-21(16-14-20)27-25(28)19-11-17-24(18-12-19)29(22-7-3-1-4-8-22)23-9-5-2-6-10-23/h1-18H/p+1. The number of hydrogen-bond acceptors (Lipinski definition) is 1. The van der Waals surface area contributed by atoms with Crippen LogP contribution in [0.15, 0.2) is 124 Å². The highest BCUT2D eigenvalue weighted by Crippen LogP contribution is 2.31. The number of hydrogen-bond donors (Lipinski definition) is 1. The summed E-state index contributed by atoms with van der Waals surface area (Å²) in [7, 11) is -0.209. The Bertz CT molecular complexity index is 1040. The van der Waals surface area contributed by atoms with E-state index in [0.29, 0.717) is 5.56 Å². The van der Waals surface area contributed by atoms with Crippen molar-refractivity contribution in [1.82, 2.24) is 0 Å². The van der Waals surface area contributed by atoms with Gasteiger partial charge in [0, 0.05) is 14.8 Å². The summed E-state index contributed by atoms with van der Waals surface area (Å²) in [4.78, 5) is 16.3. The van der Waals surface area contributed by atoms with Crippen molar-refractivity contribution in [3.63, 3.8) is 0 Å². The maximum Gasteiger partial charge on any atom is 0.255 e. The van der Waals surface area contributed by atoms with Crippen molar-refractivity contribution in [3.05, 3.63) is 118 Å². The Balaban J connectivity index is 1.60. The van der Waals surface area contributed by atoms with Gasteiger partial charge in [0.1, 0.15) is 0 Å². The van der Waals surface area contributed by atoms with Crippen LogP contribution in [0.4, 0.5) is 5.69 Å². The molecule has 0 bridgehead atoms. The summed E-state index contributed by atoms with van der Waals surface area (Å²) in [6.07, 6.45) is 0. The van der Waals surface area contributed by atoms with Gasteiger partial charge in [-0.2, -0.15) is 0 Å². The van der Waals surface area contributed by atoms with Crippen molar-refractivity contribution < 1.29 is 4.79 Å². The maximum absolute atomic E-state index is 12.6. The van der Waals surface area contributed by atoms with E-state index in [1.165, 1.54) is 14.7 Å². The van der Waals surface area contributed by atoms with Crippen LogP contribution in [0.3, 0.4) is 0 Å². The number of rotatable bonds is 5. The van der Waals surface area contributed by atoms with Crippen LogP contribution in [0, 0.1) is 3.57 Å². The predicted octanol–water partition coefficient (Wildman–Crippen LogP) is 6.64. The van der Waals surface area contributed by atoms with Gasteiger partial charge < -0.3 is 5.32 Å². The summed E-state index contributed by atoms with van der Waals surface area (Å²) < 4.78 is 1.14. The van der Waals surface area contributed by atoms with Gasteiger partial charge in [0.05, 0.1) is 10.9 Å². The Hall–Kier alpha value is -2.57. The number of anilines is 1. The highest BCUT2D eigenvalue weighted by Gasteiger charge is 2.28. The molecule has 0 aliphatic carbocycles. The molecule has 142 valence electrons. The van der Waals surface area contributed by atoms with E-state index in [9.17, 15) is 4.79 Å². The first-order valence-electron chi connectivity index (χ1n) is 9.22. The topological polar surface area (TPSA) is 29.1 Å². The molecule has 0 saturated heterocycles. The van der Waals surface area contributed by atoms with Crippen LogP contribution >= 0.6 is 22.6 Å². The van der Waals surface area contributed by atoms with Gasteiger partial charge in [-0.05, 0) is 95.4 Å². The van der Waals surface area contributed by atoms with Crippen molar-refractivity contribution >= 4 is 45.1 Å². The average Bonchev–Trinajstić information content (AvgIpc) is 2.77. The van der Waals surface area contributed by atoms with Crippen LogP contribution in [0.5, 0.6) is 0 Å². The molecule has 0 atom stereocenters. The zero-order valence-electron chi connectivity index (χ0n) is 15.6. The molecule has 1 amide bonds. The SMILES string of the molecule is O=C(Nc1ccc(I)cc1)c1ccc([S+](c2ccccc2)c2ccccc2)cc1. The van der Waals surface area contributed by atoms with Crippen molar-refractivity contribution in [2.75, 3.05) is 5.32 Å². The fourth-order valence-electron chi connectivity index (χ4n) is 3.00. The molecule has 0 heterocycles. The lowest BCUT2D eigenvalue weighted by atomic mass is 10.2. The van der Waals surface area contributed by atoms with E-state index in [2.05, 4.69) is 88.6 Å². The highest BCUT2D eigenvalue weighted by molar-refractivity contribution is 14.1. The molecule has 0 aromatic heterocycles. The third-order valence-corrected chi connectivity index (χ3v) is 7.36. The van der Waals surface area contributed by atoms with Crippen LogP contribution < -0.4 is 5.32 Å². The minimum absolute atomic E-state index is 0.0999. The van der Waals surface area contributed by atoms with Crippen LogP contribution in [0.2, 0.25) is 0 Å². The van der Waals surface area contributed by atoms with Gasteiger partial charge >= 0.3 is 0 Å². The molecule has 0 fully saturated rings. The Morgan fingerprint density at radius 2 is 1.10 bits per heavy atom. The van der Waals surface area contributed by atoms with E-state index >= 15 is 0 Å². The molecule has 1 N–H and O–H groups in total. The minimum atomic E-state index is -0.209. The van der Waals surface area contributed by atoms with Crippen molar-refractivity contribution in [2.24, 2.45) is 0 Å². The van der Waals surface area contributed by atoms with E-state index in [1.807, 2.05) is 48.5 Å². The van der Waals surface area contributed by atoms with E-state index in [-0.39, 0.29) is 16.8 Å². The van der Waals surface area contributed by atoms with Gasteiger partial charge in [-0.1, -0.05) is 36.4 Å². The summed E-state index contributed by atoms with van der Waals surface area (Å²) in [5.74, 6) is -0.0999. The average molecular weight is 508 g/mol. The zero-order chi connectivity index (χ0) is 20.1. The first-order chi connectivity index (χ1) is 14.2. The van der Waals surface area contributed by atoms with Crippen LogP contribution in [-0.4, -0.2) is 5.91 Å². The van der Waals surface area contributed by atoms with E-state index in [4.69, 9.17) is 0 Å². The fraction of sp³-hybridized carbons (Fsp3) is 0. The minimum Gasteiger partial charge on any atom is -0.322 e. The monoisotopic (exact) mass is 508 g/mol. The molecule has 29 heavy (non-hydrogen) atoms. The van der Waals surface area contributed by atoms with Crippen LogP contribution in [0.25, 0.3) is 0 Å². The molecule has 4 aromatic carbocycles. The van der Waals surface area contributed by atoms with Gasteiger partial charge in [0.15, 0.2) is 14.7 Å². The summed E-state index contributed by atoms with van der Waals surface area (Å²) in [6, 6.07) is 36.7. The fourth-order valence-corrected chi connectivity index (χ4v) is 5.44. The Morgan fingerprint density at radius 1 is 0.621 bits per heavy atom. The first-order valence-corrected chi connectivity index (χ1v) is 11.5. The maximum atomic E-state index is 12.6. The quantitative estimate of drug-likeness (QED) is 0.238. The third-order valence-electron chi connectivity index (χ3n) is 4.41. The van der Waals surface area contributed by atoms with Crippen molar-refractivity contribution in [2.45, 2.75) is 14.7 Å². The molecule has 0 aliphatic heterocycles. The van der Waals surface area contributed by atoms with Crippen LogP contribution in [-0.2, 0) is 10.9 Å². The highest BCUT2D eigenvalue weighted by atomic mass is 127. The number of carbonyl (C=O) groups excluding carboxylic acids is 1. The molecule has 4 aromatic rings. The van der Waals surface area contributed by atoms with Gasteiger partial charge in [-0.25, -0.2) is 0 Å². The lowest BCUT2D eigenvalue weighted by Gasteiger charge is -2.09. The van der Waals surface area contributed by atoms with Gasteiger partial charge in [0.2, 0.25) is 0 Å². The van der Waals surface area contributed by atoms with Crippen LogP contribution in [0.1, 0.15) is 10.4 Å². The zero-order valence-corrected chi connectivity index (χ0v) is 18.6. The Morgan fingerprint density at radius 3 is 1.62 bits per heavy atom. The van der Waals surface area contributed by atoms with E-state index in [1.54, 1.807) is 0 Å². The van der Waals surface area contributed by atoms with E-state index < -0.39 is 0 Å². The third kappa shape index (κ3) is 4.89. The number of nitrogens with one attached hydrogen (secondary N) is 1. The molecule has 0 radical (unpaired) electrons. The van der Waals surface area contributed by atoms with E-state index in [0.717, 1.165) is 9.26 Å². The second-order valence-corrected chi connectivity index (χ2v) is 9.69. The van der Waals surface area contributed by atoms with Gasteiger partial charge in [-0.3, -0.25) is 4.79 Å². The number of benzene rings is 4. The molecule has 0 saturated carbocycles. The molecular formula is C25H19INOS+. The second kappa shape index (κ2) is 9.29. The number of halogens is 1. The smallest absolute Gasteiger partial charge is 0.255 e. The molecule has 4 rings (SSSR count). The Labute approximate surface area is 187 Å². The summed E-state index contributed by atoms with van der Waals surface area (Å²) in [5.41, 5.74) is 1.45. The molecule has 0 aliphatic rings. The lowest BCUT2D eigenvalue weighted by molar-refractivity contribution is 0.102. The van der Waals surface area contributed by atoms with Crippen molar-refractivity contribution in [3.8, 4) is 0 Å². The molecule has 0 spiro atoms. The summed E-state index contributed by atoms with van der Waals surface area (Å²) >= 11 is 2.25. The summed E-state index contributed by atoms with van der Waals surface area (Å²) in [5, 5.41) is 2.96. The largest absolute Gasteiger partial charge is 0.322 e. The van der Waals surface area contributed by atoms with Crippen molar-refractivity contribution in [1.29, 1.82) is 0 Å². The Kier molecular flexibility index (Phi) is 6.32.